The monoisotopic (exact) mass is 561 g/mol. The maximum atomic E-state index is 15.2. The van der Waals surface area contributed by atoms with Gasteiger partial charge in [-0.2, -0.15) is 13.2 Å². The second kappa shape index (κ2) is 10.7. The summed E-state index contributed by atoms with van der Waals surface area (Å²) in [7, 11) is 1.30. The molecule has 1 aliphatic heterocycles. The molecular formula is C32H25F4N2O3-. The third-order valence-corrected chi connectivity index (χ3v) is 7.17. The van der Waals surface area contributed by atoms with Crippen LogP contribution < -0.4 is 14.7 Å². The summed E-state index contributed by atoms with van der Waals surface area (Å²) >= 11 is 0. The van der Waals surface area contributed by atoms with E-state index in [4.69, 9.17) is 4.74 Å². The van der Waals surface area contributed by atoms with Gasteiger partial charge in [-0.25, -0.2) is 9.38 Å². The molecule has 210 valence electrons. The van der Waals surface area contributed by atoms with Crippen LogP contribution in [0.1, 0.15) is 35.2 Å². The van der Waals surface area contributed by atoms with E-state index in [0.29, 0.717) is 5.56 Å². The van der Waals surface area contributed by atoms with Crippen LogP contribution in [0.3, 0.4) is 0 Å². The van der Waals surface area contributed by atoms with Crippen molar-refractivity contribution < 1.29 is 32.2 Å². The van der Waals surface area contributed by atoms with Gasteiger partial charge in [0, 0.05) is 23.0 Å². The number of aliphatic carboxylic acids is 1. The second-order valence-electron chi connectivity index (χ2n) is 9.87. The van der Waals surface area contributed by atoms with Crippen LogP contribution in [0.4, 0.5) is 28.9 Å². The van der Waals surface area contributed by atoms with Crippen molar-refractivity contribution in [2.24, 2.45) is 10.9 Å². The molecule has 0 spiro atoms. The minimum Gasteiger partial charge on any atom is -0.550 e. The van der Waals surface area contributed by atoms with Crippen LogP contribution in [0, 0.1) is 18.7 Å². The molecule has 9 heteroatoms. The van der Waals surface area contributed by atoms with Crippen LogP contribution in [0.15, 0.2) is 89.9 Å². The lowest BCUT2D eigenvalue weighted by Crippen LogP contribution is -2.46. The molecule has 1 aliphatic rings. The summed E-state index contributed by atoms with van der Waals surface area (Å²) < 4.78 is 62.2. The van der Waals surface area contributed by atoms with Gasteiger partial charge in [0.1, 0.15) is 23.1 Å². The highest BCUT2D eigenvalue weighted by Crippen LogP contribution is 2.47. The Morgan fingerprint density at radius 1 is 0.951 bits per heavy atom. The highest BCUT2D eigenvalue weighted by molar-refractivity contribution is 6.14. The number of methoxy groups -OCH3 is 1. The van der Waals surface area contributed by atoms with Gasteiger partial charge in [0.05, 0.1) is 24.4 Å². The predicted molar refractivity (Wildman–Crippen MR) is 147 cm³/mol. The van der Waals surface area contributed by atoms with Gasteiger partial charge >= 0.3 is 6.18 Å². The quantitative estimate of drug-likeness (QED) is 0.242. The number of hydrogen-bond donors (Lipinski definition) is 0. The fraction of sp³-hybridized carbons (Fsp3) is 0.188. The number of nitrogens with zero attached hydrogens (tertiary/aromatic N) is 2. The van der Waals surface area contributed by atoms with Crippen LogP contribution >= 0.6 is 0 Å². The topological polar surface area (TPSA) is 65.0 Å². The molecule has 0 saturated heterocycles. The highest BCUT2D eigenvalue weighted by atomic mass is 19.4. The number of aryl methyl sites for hydroxylation is 1. The van der Waals surface area contributed by atoms with Gasteiger partial charge < -0.3 is 19.5 Å². The Labute approximate surface area is 234 Å². The molecule has 4 aromatic carbocycles. The second-order valence-corrected chi connectivity index (χ2v) is 9.87. The van der Waals surface area contributed by atoms with Crippen molar-refractivity contribution in [2.45, 2.75) is 26.1 Å². The van der Waals surface area contributed by atoms with Crippen LogP contribution in [0.2, 0.25) is 0 Å². The van der Waals surface area contributed by atoms with E-state index in [-0.39, 0.29) is 28.5 Å². The number of halogens is 4. The molecule has 5 nitrogen and oxygen atoms in total. The molecule has 0 saturated carbocycles. The molecule has 4 aromatic rings. The van der Waals surface area contributed by atoms with Crippen molar-refractivity contribution in [3.8, 4) is 16.9 Å². The number of para-hydroxylation sites is 1. The van der Waals surface area contributed by atoms with E-state index in [9.17, 15) is 23.1 Å². The third kappa shape index (κ3) is 5.27. The molecule has 41 heavy (non-hydrogen) atoms. The molecule has 2 atom stereocenters. The zero-order valence-corrected chi connectivity index (χ0v) is 22.4. The molecule has 0 bridgehead atoms. The number of carbonyl (C=O) groups excluding carboxylic acids is 1. The third-order valence-electron chi connectivity index (χ3n) is 7.17. The number of anilines is 1. The molecule has 2 unspecified atom stereocenters. The summed E-state index contributed by atoms with van der Waals surface area (Å²) in [6, 6.07) is 20.8. The fourth-order valence-electron chi connectivity index (χ4n) is 5.10. The zero-order chi connectivity index (χ0) is 29.5. The molecule has 0 fully saturated rings. The largest absolute Gasteiger partial charge is 0.550 e. The maximum Gasteiger partial charge on any atom is 0.416 e. The first-order valence-electron chi connectivity index (χ1n) is 12.8. The van der Waals surface area contributed by atoms with Gasteiger partial charge in [0.2, 0.25) is 0 Å². The summed E-state index contributed by atoms with van der Waals surface area (Å²) in [5, 5.41) is 12.2. The lowest BCUT2D eigenvalue weighted by Gasteiger charge is -2.42. The Hall–Kier alpha value is -4.66. The average Bonchev–Trinajstić information content (AvgIpc) is 2.95. The molecule has 0 radical (unpaired) electrons. The summed E-state index contributed by atoms with van der Waals surface area (Å²) in [4.78, 5) is 18.2. The van der Waals surface area contributed by atoms with Crippen molar-refractivity contribution in [2.75, 3.05) is 12.0 Å². The molecule has 0 N–H and O–H groups in total. The van der Waals surface area contributed by atoms with E-state index in [1.165, 1.54) is 43.2 Å². The number of hydrogen-bond acceptors (Lipinski definition) is 5. The Bertz CT molecular complexity index is 1650. The minimum absolute atomic E-state index is 0.0532. The number of rotatable bonds is 6. The predicted octanol–water partition coefficient (Wildman–Crippen LogP) is 6.85. The van der Waals surface area contributed by atoms with Gasteiger partial charge in [-0.15, -0.1) is 0 Å². The number of fused-ring (bicyclic) bond motifs is 1. The lowest BCUT2D eigenvalue weighted by atomic mass is 9.88. The normalized spacial score (nSPS) is 15.6. The SMILES string of the molecule is COc1ccc(C(F)(F)F)cc1N1C(c2ccc(-c3cccc(C)c3)cc2)=Nc2c(F)cccc2C1C(C)C(=O)[O-]. The molecule has 5 rings (SSSR count). The van der Waals surface area contributed by atoms with E-state index < -0.39 is 35.5 Å². The Morgan fingerprint density at radius 2 is 1.63 bits per heavy atom. The van der Waals surface area contributed by atoms with Gasteiger partial charge in [-0.05, 0) is 42.3 Å². The maximum absolute atomic E-state index is 15.2. The number of alkyl halides is 3. The van der Waals surface area contributed by atoms with E-state index in [1.807, 2.05) is 43.3 Å². The molecule has 0 amide bonds. The lowest BCUT2D eigenvalue weighted by molar-refractivity contribution is -0.311. The molecular weight excluding hydrogens is 536 g/mol. The van der Waals surface area contributed by atoms with Crippen LogP contribution in [-0.2, 0) is 11.0 Å². The number of carbonyl (C=O) groups is 1. The Kier molecular flexibility index (Phi) is 7.29. The van der Waals surface area contributed by atoms with Crippen molar-refractivity contribution in [1.82, 2.24) is 0 Å². The summed E-state index contributed by atoms with van der Waals surface area (Å²) in [6.07, 6.45) is -4.69. The molecule has 0 aromatic heterocycles. The Balaban J connectivity index is 1.77. The van der Waals surface area contributed by atoms with Gasteiger partial charge in [-0.3, -0.25) is 0 Å². The Morgan fingerprint density at radius 3 is 2.27 bits per heavy atom. The summed E-state index contributed by atoms with van der Waals surface area (Å²) in [5.74, 6) is -3.32. The number of benzene rings is 4. The van der Waals surface area contributed by atoms with Crippen LogP contribution in [0.5, 0.6) is 5.75 Å². The standard InChI is InChI=1S/C32H26F4N2O3/c1-18-6-4-7-22(16-18)20-10-12-21(13-11-20)30-37-28-24(8-5-9-25(28)33)29(19(2)31(39)40)38(30)26-17-23(32(34,35)36)14-15-27(26)41-3/h4-17,19,29H,1-3H3,(H,39,40)/p-1. The van der Waals surface area contributed by atoms with Crippen molar-refractivity contribution in [3.63, 3.8) is 0 Å². The first-order valence-corrected chi connectivity index (χ1v) is 12.8. The van der Waals surface area contributed by atoms with Gasteiger partial charge in [0.25, 0.3) is 0 Å². The van der Waals surface area contributed by atoms with E-state index in [1.54, 1.807) is 12.1 Å². The van der Waals surface area contributed by atoms with Gasteiger partial charge in [0.15, 0.2) is 0 Å². The summed E-state index contributed by atoms with van der Waals surface area (Å²) in [5.41, 5.74) is 2.40. The molecule has 0 aliphatic carbocycles. The number of carboxylic acid groups (broad SMARTS) is 1. The fourth-order valence-corrected chi connectivity index (χ4v) is 5.10. The van der Waals surface area contributed by atoms with E-state index in [2.05, 4.69) is 4.99 Å². The van der Waals surface area contributed by atoms with Gasteiger partial charge in [-0.1, -0.05) is 73.2 Å². The average molecular weight is 562 g/mol. The number of aliphatic imine (C=N–C) groups is 1. The van der Waals surface area contributed by atoms with E-state index in [0.717, 1.165) is 28.8 Å². The number of ether oxygens (including phenoxy) is 1. The van der Waals surface area contributed by atoms with Crippen molar-refractivity contribution in [1.29, 1.82) is 0 Å². The van der Waals surface area contributed by atoms with Crippen molar-refractivity contribution >= 4 is 23.2 Å². The van der Waals surface area contributed by atoms with Crippen molar-refractivity contribution in [3.05, 3.63) is 113 Å². The summed E-state index contributed by atoms with van der Waals surface area (Å²) in [6.45, 7) is 3.34. The first-order chi connectivity index (χ1) is 19.5. The zero-order valence-electron chi connectivity index (χ0n) is 22.4. The number of amidine groups is 1. The van der Waals surface area contributed by atoms with E-state index >= 15 is 4.39 Å². The smallest absolute Gasteiger partial charge is 0.416 e. The minimum atomic E-state index is -4.69. The molecule has 1 heterocycles. The number of carboxylic acids is 1. The highest BCUT2D eigenvalue weighted by Gasteiger charge is 2.40. The van der Waals surface area contributed by atoms with Crippen LogP contribution in [0.25, 0.3) is 11.1 Å². The first kappa shape index (κ1) is 27.9. The van der Waals surface area contributed by atoms with Crippen LogP contribution in [-0.4, -0.2) is 18.9 Å².